The van der Waals surface area contributed by atoms with Crippen LogP contribution >= 0.6 is 11.8 Å². The molecule has 120 valence electrons. The summed E-state index contributed by atoms with van der Waals surface area (Å²) in [5.41, 5.74) is 4.10. The monoisotopic (exact) mass is 343 g/mol. The van der Waals surface area contributed by atoms with Crippen LogP contribution in [0.4, 0.5) is 10.2 Å². The number of nitrogens with zero attached hydrogens (tertiary/aromatic N) is 2. The first-order valence-electron chi connectivity index (χ1n) is 5.46. The second-order valence-corrected chi connectivity index (χ2v) is 6.59. The van der Waals surface area contributed by atoms with E-state index in [0.29, 0.717) is 12.0 Å². The molecule has 0 amide bonds. The Morgan fingerprint density at radius 1 is 1.67 bits per heavy atom. The van der Waals surface area contributed by atoms with Crippen molar-refractivity contribution in [2.24, 2.45) is 0 Å². The maximum absolute atomic E-state index is 13.1. The number of hydrogen-bond acceptors (Lipinski definition) is 8. The van der Waals surface area contributed by atoms with Crippen LogP contribution in [0.25, 0.3) is 0 Å². The van der Waals surface area contributed by atoms with Gasteiger partial charge in [-0.15, -0.1) is 11.8 Å². The van der Waals surface area contributed by atoms with Gasteiger partial charge in [0.05, 0.1) is 19.1 Å². The molecule has 12 heteroatoms. The molecular weight excluding hydrogens is 329 g/mol. The highest BCUT2D eigenvalue weighted by Crippen LogP contribution is 2.30. The summed E-state index contributed by atoms with van der Waals surface area (Å²) in [5, 5.41) is 8.86. The van der Waals surface area contributed by atoms with E-state index in [-0.39, 0.29) is 6.61 Å². The Bertz CT molecular complexity index is 641. The number of hydrogen-bond donors (Lipinski definition) is 3. The zero-order valence-electron chi connectivity index (χ0n) is 10.8. The molecule has 0 bridgehead atoms. The zero-order chi connectivity index (χ0) is 16.2. The summed E-state index contributed by atoms with van der Waals surface area (Å²) in [7, 11) is -3.67. The van der Waals surface area contributed by atoms with E-state index in [2.05, 4.69) is 4.98 Å². The lowest BCUT2D eigenvalue weighted by Gasteiger charge is -2.13. The van der Waals surface area contributed by atoms with Gasteiger partial charge in [-0.05, 0) is 0 Å². The van der Waals surface area contributed by atoms with Crippen LogP contribution in [0.2, 0.25) is 0 Å². The third-order valence-electron chi connectivity index (χ3n) is 2.13. The van der Waals surface area contributed by atoms with Crippen LogP contribution in [0.1, 0.15) is 6.23 Å². The fourth-order valence-electron chi connectivity index (χ4n) is 1.35. The third-order valence-corrected chi connectivity index (χ3v) is 3.24. The lowest BCUT2D eigenvalue weighted by Crippen LogP contribution is -2.29. The van der Waals surface area contributed by atoms with Gasteiger partial charge >= 0.3 is 5.69 Å². The van der Waals surface area contributed by atoms with E-state index in [0.717, 1.165) is 10.8 Å². The van der Waals surface area contributed by atoms with Crippen LogP contribution in [-0.4, -0.2) is 51.7 Å². The molecule has 1 aromatic rings. The van der Waals surface area contributed by atoms with Gasteiger partial charge in [0, 0.05) is 5.75 Å². The molecule has 1 aromatic heterocycles. The zero-order valence-corrected chi connectivity index (χ0v) is 12.5. The molecule has 1 aliphatic heterocycles. The molecule has 1 saturated heterocycles. The van der Waals surface area contributed by atoms with Gasteiger partial charge in [-0.3, -0.25) is 9.12 Å². The predicted molar refractivity (Wildman–Crippen MR) is 73.8 cm³/mol. The fourth-order valence-corrected chi connectivity index (χ4v) is 2.28. The van der Waals surface area contributed by atoms with Crippen molar-refractivity contribution in [2.75, 3.05) is 24.3 Å². The number of aliphatic hydroxyl groups excluding tert-OH is 1. The summed E-state index contributed by atoms with van der Waals surface area (Å²) in [5.74, 6) is -0.734. The predicted octanol–water partition coefficient (Wildman–Crippen LogP) is -0.951. The molecule has 2 heterocycles. The van der Waals surface area contributed by atoms with E-state index < -0.39 is 39.1 Å². The molecule has 1 aliphatic rings. The highest BCUT2D eigenvalue weighted by Gasteiger charge is 2.27. The second kappa shape index (κ2) is 7.17. The Kier molecular flexibility index (Phi) is 6.10. The van der Waals surface area contributed by atoms with Crippen molar-refractivity contribution in [3.63, 3.8) is 0 Å². The summed E-state index contributed by atoms with van der Waals surface area (Å²) in [6.07, 6.45) is 1.07. The SMILES string of the molecule is CS(=O)(=O)O.Nc1nc(=O)n([C@@H]2CS[C@H](CO)O2)cc1F. The molecule has 2 atom stereocenters. The van der Waals surface area contributed by atoms with Crippen molar-refractivity contribution in [3.05, 3.63) is 22.5 Å². The summed E-state index contributed by atoms with van der Waals surface area (Å²) >= 11 is 1.35. The van der Waals surface area contributed by atoms with Crippen molar-refractivity contribution in [1.82, 2.24) is 9.55 Å². The standard InChI is InChI=1S/C8H10FN3O3S.CH4O3S/c9-4-1-12(8(14)11-7(4)10)5-3-16-6(2-13)15-5;1-5(2,3)4/h1,5-6,13H,2-3H2,(H2,10,11,14);1H3,(H,2,3,4)/t5-,6+;/m0./s1. The number of aliphatic hydroxyl groups is 1. The third kappa shape index (κ3) is 5.97. The van der Waals surface area contributed by atoms with Crippen molar-refractivity contribution in [1.29, 1.82) is 0 Å². The van der Waals surface area contributed by atoms with Gasteiger partial charge in [0.1, 0.15) is 11.7 Å². The van der Waals surface area contributed by atoms with Gasteiger partial charge < -0.3 is 15.6 Å². The number of aromatic nitrogens is 2. The van der Waals surface area contributed by atoms with Crippen LogP contribution in [0.5, 0.6) is 0 Å². The number of anilines is 1. The Balaban J connectivity index is 0.000000383. The highest BCUT2D eigenvalue weighted by molar-refractivity contribution is 8.00. The number of rotatable bonds is 2. The number of ether oxygens (including phenoxy) is 1. The first-order chi connectivity index (χ1) is 9.61. The number of halogens is 1. The topological polar surface area (TPSA) is 145 Å². The van der Waals surface area contributed by atoms with Crippen LogP contribution in [0.15, 0.2) is 11.0 Å². The first-order valence-corrected chi connectivity index (χ1v) is 8.36. The minimum absolute atomic E-state index is 0.152. The minimum atomic E-state index is -3.67. The summed E-state index contributed by atoms with van der Waals surface area (Å²) in [6, 6.07) is 0. The summed E-state index contributed by atoms with van der Waals surface area (Å²) in [6.45, 7) is -0.152. The lowest BCUT2D eigenvalue weighted by molar-refractivity contribution is -0.00677. The molecule has 2 rings (SSSR count). The van der Waals surface area contributed by atoms with Crippen molar-refractivity contribution >= 4 is 27.7 Å². The normalized spacial score (nSPS) is 21.7. The Hall–Kier alpha value is -1.21. The molecule has 0 spiro atoms. The first kappa shape index (κ1) is 17.8. The maximum atomic E-state index is 13.1. The molecule has 4 N–H and O–H groups in total. The van der Waals surface area contributed by atoms with E-state index in [4.69, 9.17) is 20.1 Å². The quantitative estimate of drug-likeness (QED) is 0.578. The van der Waals surface area contributed by atoms with Crippen molar-refractivity contribution in [3.8, 4) is 0 Å². The largest absolute Gasteiger partial charge is 0.393 e. The lowest BCUT2D eigenvalue weighted by atomic mass is 10.5. The van der Waals surface area contributed by atoms with Crippen LogP contribution in [-0.2, 0) is 14.9 Å². The van der Waals surface area contributed by atoms with E-state index in [1.54, 1.807) is 0 Å². The maximum Gasteiger partial charge on any atom is 0.351 e. The van der Waals surface area contributed by atoms with Gasteiger partial charge in [0.2, 0.25) is 0 Å². The van der Waals surface area contributed by atoms with Crippen LogP contribution in [0, 0.1) is 5.82 Å². The smallest absolute Gasteiger partial charge is 0.351 e. The molecule has 21 heavy (non-hydrogen) atoms. The Labute approximate surface area is 123 Å². The Morgan fingerprint density at radius 2 is 2.24 bits per heavy atom. The highest BCUT2D eigenvalue weighted by atomic mass is 32.2. The Morgan fingerprint density at radius 3 is 2.71 bits per heavy atom. The summed E-state index contributed by atoms with van der Waals surface area (Å²) < 4.78 is 45.3. The van der Waals surface area contributed by atoms with E-state index in [1.807, 2.05) is 0 Å². The molecule has 0 aromatic carbocycles. The van der Waals surface area contributed by atoms with E-state index in [9.17, 15) is 17.6 Å². The van der Waals surface area contributed by atoms with Crippen molar-refractivity contribution < 1.29 is 27.2 Å². The van der Waals surface area contributed by atoms with E-state index in [1.165, 1.54) is 11.8 Å². The molecule has 9 nitrogen and oxygen atoms in total. The fraction of sp³-hybridized carbons (Fsp3) is 0.556. The molecule has 1 fully saturated rings. The van der Waals surface area contributed by atoms with Gasteiger partial charge in [0.25, 0.3) is 10.1 Å². The van der Waals surface area contributed by atoms with E-state index >= 15 is 0 Å². The molecule has 0 aliphatic carbocycles. The average molecular weight is 343 g/mol. The number of nitrogens with two attached hydrogens (primary N) is 1. The average Bonchev–Trinajstić information content (AvgIpc) is 2.80. The van der Waals surface area contributed by atoms with Crippen LogP contribution in [0.3, 0.4) is 0 Å². The summed E-state index contributed by atoms with van der Waals surface area (Å²) in [4.78, 5) is 14.8. The van der Waals surface area contributed by atoms with Gasteiger partial charge in [-0.2, -0.15) is 13.4 Å². The molecule has 0 saturated carbocycles. The molecule has 0 radical (unpaired) electrons. The molecule has 0 unspecified atom stereocenters. The minimum Gasteiger partial charge on any atom is -0.393 e. The van der Waals surface area contributed by atoms with Crippen molar-refractivity contribution in [2.45, 2.75) is 11.7 Å². The van der Waals surface area contributed by atoms with Gasteiger partial charge in [-0.25, -0.2) is 9.18 Å². The number of nitrogen functional groups attached to an aromatic ring is 1. The number of thioether (sulfide) groups is 1. The van der Waals surface area contributed by atoms with Gasteiger partial charge in [-0.1, -0.05) is 0 Å². The van der Waals surface area contributed by atoms with Gasteiger partial charge in [0.15, 0.2) is 11.6 Å². The second-order valence-electron chi connectivity index (χ2n) is 3.93. The molecular formula is C9H14FN3O6S2. The van der Waals surface area contributed by atoms with Crippen LogP contribution < -0.4 is 11.4 Å².